The molecule has 0 aliphatic carbocycles. The van der Waals surface area contributed by atoms with Crippen LogP contribution in [0.4, 0.5) is 13.2 Å². The van der Waals surface area contributed by atoms with Crippen molar-refractivity contribution >= 4 is 10.1 Å². The Morgan fingerprint density at radius 3 is 1.43 bits per heavy atom. The number of alkyl halides is 3. The Labute approximate surface area is 213 Å². The monoisotopic (exact) mass is 618 g/mol. The first-order valence-electron chi connectivity index (χ1n) is 11.0. The molecule has 3 aromatic rings. The lowest BCUT2D eigenvalue weighted by Gasteiger charge is -2.19. The third kappa shape index (κ3) is 6.65. The number of hydrogen-bond acceptors (Lipinski definition) is 3. The largest absolute Gasteiger partial charge is 0.417 e. The van der Waals surface area contributed by atoms with Gasteiger partial charge in [0.05, 0.1) is 5.56 Å². The van der Waals surface area contributed by atoms with Crippen molar-refractivity contribution in [2.75, 3.05) is 0 Å². The van der Waals surface area contributed by atoms with Crippen molar-refractivity contribution in [3.05, 3.63) is 96.6 Å². The van der Waals surface area contributed by atoms with Crippen LogP contribution in [0.1, 0.15) is 58.2 Å². The van der Waals surface area contributed by atoms with Crippen LogP contribution in [0.25, 0.3) is 0 Å². The van der Waals surface area contributed by atoms with E-state index < -0.39 is 47.0 Å². The van der Waals surface area contributed by atoms with Crippen molar-refractivity contribution in [3.63, 3.8) is 0 Å². The van der Waals surface area contributed by atoms with E-state index in [9.17, 15) is 21.6 Å². The molecule has 0 aliphatic rings. The Bertz CT molecular complexity index is 1210. The molecule has 0 heterocycles. The predicted molar refractivity (Wildman–Crippen MR) is 127 cm³/mol. The second-order valence-corrected chi connectivity index (χ2v) is 16.7. The van der Waals surface area contributed by atoms with Crippen LogP contribution in [-0.2, 0) is 29.6 Å². The lowest BCUT2D eigenvalue weighted by Crippen LogP contribution is -3.85. The van der Waals surface area contributed by atoms with Crippen LogP contribution in [0.15, 0.2) is 77.7 Å². The average molecular weight is 618 g/mol. The highest BCUT2D eigenvalue weighted by Gasteiger charge is 2.43. The van der Waals surface area contributed by atoms with E-state index >= 15 is 0 Å². The Kier molecular flexibility index (Phi) is 7.80. The zero-order chi connectivity index (χ0) is 26.2. The van der Waals surface area contributed by atoms with Gasteiger partial charge in [-0.2, -0.15) is 21.6 Å². The van der Waals surface area contributed by atoms with Crippen LogP contribution >= 0.6 is 0 Å². The van der Waals surface area contributed by atoms with Crippen LogP contribution in [0, 0.1) is 7.14 Å². The van der Waals surface area contributed by atoms with Crippen molar-refractivity contribution in [1.82, 2.24) is 0 Å². The Morgan fingerprint density at radius 2 is 1.06 bits per heavy atom. The highest BCUT2D eigenvalue weighted by molar-refractivity contribution is 7.86. The van der Waals surface area contributed by atoms with E-state index in [0.717, 1.165) is 29.3 Å². The molecule has 0 N–H and O–H groups in total. The smallest absolute Gasteiger partial charge is 0.190 e. The Morgan fingerprint density at radius 1 is 0.657 bits per heavy atom. The quantitative estimate of drug-likeness (QED) is 0.401. The molecule has 0 amide bonds. The summed E-state index contributed by atoms with van der Waals surface area (Å²) in [5.74, 6) is 0. The molecule has 0 saturated carbocycles. The third-order valence-corrected chi connectivity index (χ3v) is 12.8. The van der Waals surface area contributed by atoms with Crippen LogP contribution in [0.3, 0.4) is 0 Å². The van der Waals surface area contributed by atoms with Crippen molar-refractivity contribution in [2.24, 2.45) is 0 Å². The first-order valence-corrected chi connectivity index (χ1v) is 15.5. The van der Waals surface area contributed by atoms with Crippen LogP contribution < -0.4 is 20.2 Å². The average Bonchev–Trinajstić information content (AvgIpc) is 2.76. The van der Waals surface area contributed by atoms with E-state index in [2.05, 4.69) is 41.5 Å². The minimum absolute atomic E-state index is 0.107. The summed E-state index contributed by atoms with van der Waals surface area (Å²) in [4.78, 5) is -0.868. The summed E-state index contributed by atoms with van der Waals surface area (Å²) >= 11 is -3.16. The van der Waals surface area contributed by atoms with E-state index in [0.29, 0.717) is 7.14 Å². The molecule has 1 radical (unpaired) electrons. The summed E-state index contributed by atoms with van der Waals surface area (Å²) in [7, 11) is -4.70. The minimum Gasteiger partial charge on any atom is -0.190 e. The molecule has 0 atom stereocenters. The maximum Gasteiger partial charge on any atom is 0.417 e. The zero-order valence-corrected chi connectivity index (χ0v) is 23.5. The second kappa shape index (κ2) is 9.86. The molecule has 3 rings (SSSR count). The molecule has 0 bridgehead atoms. The molecule has 0 aromatic heterocycles. The number of benzene rings is 3. The van der Waals surface area contributed by atoms with Gasteiger partial charge in [-0.25, -0.2) is 0 Å². The van der Waals surface area contributed by atoms with Gasteiger partial charge < -0.3 is 0 Å². The second-order valence-electron chi connectivity index (χ2n) is 10.3. The Hall–Kier alpha value is -1.91. The van der Waals surface area contributed by atoms with Gasteiger partial charge in [-0.1, -0.05) is 77.9 Å². The summed E-state index contributed by atoms with van der Waals surface area (Å²) in [6, 6.07) is 19.1. The van der Waals surface area contributed by atoms with Crippen LogP contribution in [-0.4, -0.2) is 8.42 Å². The fourth-order valence-corrected chi connectivity index (χ4v) is 10.4. The van der Waals surface area contributed by atoms with Crippen LogP contribution in [0.2, 0.25) is 0 Å². The molecular formula is C27H30F3IO3S+. The van der Waals surface area contributed by atoms with Gasteiger partial charge in [-0.15, -0.1) is 0 Å². The van der Waals surface area contributed by atoms with Gasteiger partial charge in [0.2, 0.25) is 0 Å². The number of hydrogen-bond donors (Lipinski definition) is 0. The predicted octanol–water partition coefficient (Wildman–Crippen LogP) is 4.29. The third-order valence-electron chi connectivity index (χ3n) is 5.42. The maximum atomic E-state index is 13.6. The van der Waals surface area contributed by atoms with Gasteiger partial charge in [0.25, 0.3) is 0 Å². The molecule has 189 valence electrons. The normalized spacial score (nSPS) is 13.3. The lowest BCUT2D eigenvalue weighted by molar-refractivity contribution is -1.03. The molecule has 8 heteroatoms. The summed E-state index contributed by atoms with van der Waals surface area (Å²) < 4.78 is 74.2. The molecule has 0 aliphatic heterocycles. The first kappa shape index (κ1) is 27.7. The molecule has 35 heavy (non-hydrogen) atoms. The lowest BCUT2D eigenvalue weighted by atomic mass is 9.87. The van der Waals surface area contributed by atoms with Gasteiger partial charge in [-0.05, 0) is 60.9 Å². The molecule has 0 spiro atoms. The van der Waals surface area contributed by atoms with E-state index in [-0.39, 0.29) is 10.8 Å². The van der Waals surface area contributed by atoms with Crippen molar-refractivity contribution in [1.29, 1.82) is 0 Å². The van der Waals surface area contributed by atoms with E-state index in [1.54, 1.807) is 0 Å². The fourth-order valence-electron chi connectivity index (χ4n) is 3.36. The van der Waals surface area contributed by atoms with Crippen molar-refractivity contribution < 1.29 is 44.3 Å². The Balaban J connectivity index is 2.11. The standard InChI is InChI=1S/C27H30F3IO3S/c1-25(2,3)19-11-15-21(16-12-19)31(22-17-13-20(14-18-22)26(4,5)6)34-35(32,33)24-10-8-7-9-23(24)27(28,29)30/h7-18H,1-6H3/q+1. The number of halogens is 4. The summed E-state index contributed by atoms with van der Waals surface area (Å²) in [5.41, 5.74) is 0.674. The summed E-state index contributed by atoms with van der Waals surface area (Å²) in [6.07, 6.45) is -4.82. The summed E-state index contributed by atoms with van der Waals surface area (Å²) in [6.45, 7) is 12.4. The zero-order valence-electron chi connectivity index (χ0n) is 20.6. The van der Waals surface area contributed by atoms with Gasteiger partial charge in [0, 0.05) is 0 Å². The summed E-state index contributed by atoms with van der Waals surface area (Å²) in [5, 5.41) is 0. The highest BCUT2D eigenvalue weighted by atomic mass is 127. The minimum atomic E-state index is -4.82. The first-order chi connectivity index (χ1) is 16.0. The topological polar surface area (TPSA) is 43.4 Å². The number of rotatable bonds is 5. The van der Waals surface area contributed by atoms with Gasteiger partial charge in [-0.3, -0.25) is 0 Å². The van der Waals surface area contributed by atoms with Crippen LogP contribution in [0.5, 0.6) is 0 Å². The van der Waals surface area contributed by atoms with Crippen molar-refractivity contribution in [2.45, 2.75) is 63.4 Å². The van der Waals surface area contributed by atoms with E-state index in [4.69, 9.17) is 2.51 Å². The van der Waals surface area contributed by atoms with E-state index in [1.807, 2.05) is 48.5 Å². The maximum absolute atomic E-state index is 13.6. The molecular weight excluding hydrogens is 588 g/mol. The molecule has 0 fully saturated rings. The van der Waals surface area contributed by atoms with Gasteiger partial charge in [0.1, 0.15) is 4.90 Å². The molecule has 3 aromatic carbocycles. The van der Waals surface area contributed by atoms with Crippen molar-refractivity contribution in [3.8, 4) is 0 Å². The molecule has 3 nitrogen and oxygen atoms in total. The van der Waals surface area contributed by atoms with Gasteiger partial charge >= 0.3 is 36.5 Å². The SMILES string of the molecule is CC(C)(C)c1ccc([I+](OS(=O)(=O)c2ccccc2C(F)(F)F)c2ccc(C(C)(C)C)cc2)cc1. The highest BCUT2D eigenvalue weighted by Crippen LogP contribution is 2.34. The molecule has 0 unspecified atom stereocenters. The molecule has 0 saturated heterocycles. The van der Waals surface area contributed by atoms with E-state index in [1.165, 1.54) is 6.07 Å². The fraction of sp³-hybridized carbons (Fsp3) is 0.333. The van der Waals surface area contributed by atoms with Gasteiger partial charge in [0.15, 0.2) is 7.14 Å².